The molecule has 0 nitrogen and oxygen atoms in total. The van der Waals surface area contributed by atoms with Gasteiger partial charge in [-0.3, -0.25) is 0 Å². The van der Waals surface area contributed by atoms with Gasteiger partial charge < -0.3 is 0 Å². The van der Waals surface area contributed by atoms with Gasteiger partial charge in [0, 0.05) is 0 Å². The average Bonchev–Trinajstić information content (AvgIpc) is 2.82. The van der Waals surface area contributed by atoms with Crippen molar-refractivity contribution in [3.05, 3.63) is 124 Å². The third kappa shape index (κ3) is 4.28. The Morgan fingerprint density at radius 1 is 0.667 bits per heavy atom. The number of rotatable bonds is 4. The Morgan fingerprint density at radius 3 is 2.04 bits per heavy atom. The lowest BCUT2D eigenvalue weighted by Crippen LogP contribution is -1.98. The monoisotopic (exact) mass is 350 g/mol. The van der Waals surface area contributed by atoms with E-state index in [9.17, 15) is 0 Å². The summed E-state index contributed by atoms with van der Waals surface area (Å²) >= 11 is 0. The van der Waals surface area contributed by atoms with Crippen LogP contribution in [0.1, 0.15) is 33.4 Å². The molecule has 0 spiro atoms. The van der Waals surface area contributed by atoms with Gasteiger partial charge in [0.25, 0.3) is 0 Å². The fourth-order valence-corrected chi connectivity index (χ4v) is 4.00. The Kier molecular flexibility index (Phi) is 5.07. The summed E-state index contributed by atoms with van der Waals surface area (Å²) in [5.41, 5.74) is 11.2. The highest BCUT2D eigenvalue weighted by Gasteiger charge is 2.13. The van der Waals surface area contributed by atoms with E-state index in [4.69, 9.17) is 0 Å². The van der Waals surface area contributed by atoms with E-state index < -0.39 is 0 Å². The second-order valence-corrected chi connectivity index (χ2v) is 7.68. The normalized spacial score (nSPS) is 13.4. The molecule has 0 saturated carbocycles. The summed E-state index contributed by atoms with van der Waals surface area (Å²) in [4.78, 5) is 0. The summed E-state index contributed by atoms with van der Waals surface area (Å²) in [7, 11) is 0. The summed E-state index contributed by atoms with van der Waals surface area (Å²) < 4.78 is 0. The van der Waals surface area contributed by atoms with E-state index in [-0.39, 0.29) is 0 Å². The van der Waals surface area contributed by atoms with E-state index in [2.05, 4.69) is 98.8 Å². The van der Waals surface area contributed by atoms with Crippen LogP contribution in [0, 0.1) is 13.8 Å². The molecule has 0 unspecified atom stereocenters. The Bertz CT molecular complexity index is 1020. The van der Waals surface area contributed by atoms with Crippen molar-refractivity contribution < 1.29 is 0 Å². The van der Waals surface area contributed by atoms with Gasteiger partial charge in [-0.2, -0.15) is 0 Å². The van der Waals surface area contributed by atoms with E-state index >= 15 is 0 Å². The zero-order valence-electron chi connectivity index (χ0n) is 16.2. The van der Waals surface area contributed by atoms with Crippen molar-refractivity contribution >= 4 is 5.57 Å². The highest BCUT2D eigenvalue weighted by Crippen LogP contribution is 2.29. The molecule has 1 aliphatic rings. The molecule has 3 aromatic carbocycles. The molecule has 0 bridgehead atoms. The third-order valence-corrected chi connectivity index (χ3v) is 5.29. The van der Waals surface area contributed by atoms with Crippen LogP contribution in [0.3, 0.4) is 0 Å². The van der Waals surface area contributed by atoms with Crippen LogP contribution < -0.4 is 0 Å². The van der Waals surface area contributed by atoms with Crippen LogP contribution in [0.5, 0.6) is 0 Å². The highest BCUT2D eigenvalue weighted by molar-refractivity contribution is 5.73. The lowest BCUT2D eigenvalue weighted by Gasteiger charge is -2.12. The summed E-state index contributed by atoms with van der Waals surface area (Å²) in [6, 6.07) is 26.6. The summed E-state index contributed by atoms with van der Waals surface area (Å²) in [5.74, 6) is 0. The molecule has 0 aliphatic heterocycles. The van der Waals surface area contributed by atoms with Crippen molar-refractivity contribution in [3.63, 3.8) is 0 Å². The van der Waals surface area contributed by atoms with E-state index in [0.717, 1.165) is 19.3 Å². The molecule has 0 amide bonds. The molecule has 0 heterocycles. The summed E-state index contributed by atoms with van der Waals surface area (Å²) in [6.07, 6.45) is 7.72. The number of benzene rings is 3. The van der Waals surface area contributed by atoms with Gasteiger partial charge in [0.2, 0.25) is 0 Å². The number of allylic oxidation sites excluding steroid dienone is 4. The molecule has 0 atom stereocenters. The van der Waals surface area contributed by atoms with Crippen molar-refractivity contribution in [3.8, 4) is 0 Å². The minimum absolute atomic E-state index is 0.979. The number of hydrogen-bond donors (Lipinski definition) is 0. The van der Waals surface area contributed by atoms with E-state index in [1.807, 2.05) is 0 Å². The number of fused-ring (bicyclic) bond motifs is 1. The lowest BCUT2D eigenvalue weighted by atomic mass is 9.92. The van der Waals surface area contributed by atoms with Gasteiger partial charge in [0.05, 0.1) is 0 Å². The molecule has 27 heavy (non-hydrogen) atoms. The molecule has 1 aliphatic carbocycles. The minimum atomic E-state index is 0.979. The van der Waals surface area contributed by atoms with Gasteiger partial charge in [-0.25, -0.2) is 0 Å². The van der Waals surface area contributed by atoms with Crippen LogP contribution in [-0.4, -0.2) is 0 Å². The minimum Gasteiger partial charge on any atom is -0.0621 e. The Morgan fingerprint density at radius 2 is 1.33 bits per heavy atom. The maximum atomic E-state index is 2.35. The largest absolute Gasteiger partial charge is 0.0621 e. The molecular formula is C27H26. The molecule has 0 aromatic heterocycles. The topological polar surface area (TPSA) is 0 Å². The van der Waals surface area contributed by atoms with Crippen LogP contribution in [0.4, 0.5) is 0 Å². The van der Waals surface area contributed by atoms with Crippen LogP contribution >= 0.6 is 0 Å². The van der Waals surface area contributed by atoms with Gasteiger partial charge in [-0.1, -0.05) is 102 Å². The lowest BCUT2D eigenvalue weighted by molar-refractivity contribution is 1.03. The first-order chi connectivity index (χ1) is 13.2. The maximum Gasteiger partial charge on any atom is -0.00196 e. The molecule has 0 heteroatoms. The molecule has 0 fully saturated rings. The maximum absolute atomic E-state index is 2.35. The molecule has 0 N–H and O–H groups in total. The average molecular weight is 351 g/mol. The molecule has 3 aromatic rings. The van der Waals surface area contributed by atoms with Gasteiger partial charge in [-0.15, -0.1) is 0 Å². The Labute approximate surface area is 162 Å². The van der Waals surface area contributed by atoms with Crippen molar-refractivity contribution in [1.29, 1.82) is 0 Å². The smallest absolute Gasteiger partial charge is 0.00196 e. The van der Waals surface area contributed by atoms with E-state index in [1.165, 1.54) is 44.5 Å². The first kappa shape index (κ1) is 17.5. The molecular weight excluding hydrogens is 324 g/mol. The van der Waals surface area contributed by atoms with Crippen molar-refractivity contribution in [2.75, 3.05) is 0 Å². The Balaban J connectivity index is 1.67. The van der Waals surface area contributed by atoms with Gasteiger partial charge in [0.15, 0.2) is 0 Å². The second kappa shape index (κ2) is 7.80. The van der Waals surface area contributed by atoms with E-state index in [1.54, 1.807) is 0 Å². The van der Waals surface area contributed by atoms with Crippen LogP contribution in [0.25, 0.3) is 5.57 Å². The highest BCUT2D eigenvalue weighted by atomic mass is 14.2. The second-order valence-electron chi connectivity index (χ2n) is 7.68. The van der Waals surface area contributed by atoms with Gasteiger partial charge in [-0.05, 0) is 60.9 Å². The number of aryl methyl sites for hydroxylation is 2. The van der Waals surface area contributed by atoms with Crippen LogP contribution in [0.2, 0.25) is 0 Å². The zero-order chi connectivity index (χ0) is 18.6. The third-order valence-electron chi connectivity index (χ3n) is 5.29. The zero-order valence-corrected chi connectivity index (χ0v) is 16.2. The van der Waals surface area contributed by atoms with Crippen molar-refractivity contribution in [1.82, 2.24) is 0 Å². The fourth-order valence-electron chi connectivity index (χ4n) is 4.00. The van der Waals surface area contributed by atoms with Crippen LogP contribution in [-0.2, 0) is 19.3 Å². The van der Waals surface area contributed by atoms with E-state index in [0.29, 0.717) is 0 Å². The molecule has 134 valence electrons. The SMILES string of the molecule is Cc1cccc(CC2=CC=C(Cc3cccc(C)c3)c3ccccc3C2)c1. The van der Waals surface area contributed by atoms with Crippen molar-refractivity contribution in [2.24, 2.45) is 0 Å². The molecule has 0 saturated heterocycles. The van der Waals surface area contributed by atoms with Gasteiger partial charge in [0.1, 0.15) is 0 Å². The standard InChI is InChI=1S/C27H26/c1-20-7-5-9-22(15-20)17-24-13-14-26(18-23-10-6-8-21(2)16-23)27-12-4-3-11-25(27)19-24/h3-16H,17-19H2,1-2H3. The van der Waals surface area contributed by atoms with Crippen LogP contribution in [0.15, 0.2) is 90.5 Å². The predicted molar refractivity (Wildman–Crippen MR) is 116 cm³/mol. The predicted octanol–water partition coefficient (Wildman–Crippen LogP) is 6.65. The first-order valence-corrected chi connectivity index (χ1v) is 9.75. The number of hydrogen-bond acceptors (Lipinski definition) is 0. The molecule has 4 rings (SSSR count). The van der Waals surface area contributed by atoms with Gasteiger partial charge >= 0.3 is 0 Å². The van der Waals surface area contributed by atoms with Crippen molar-refractivity contribution in [2.45, 2.75) is 33.1 Å². The first-order valence-electron chi connectivity index (χ1n) is 9.75. The molecule has 0 radical (unpaired) electrons. The fraction of sp³-hybridized carbons (Fsp3) is 0.185. The quantitative estimate of drug-likeness (QED) is 0.494. The summed E-state index contributed by atoms with van der Waals surface area (Å²) in [5, 5.41) is 0. The Hall–Kier alpha value is -2.86. The summed E-state index contributed by atoms with van der Waals surface area (Å²) in [6.45, 7) is 4.33.